The summed E-state index contributed by atoms with van der Waals surface area (Å²) < 4.78 is 1.83. The molecule has 0 aliphatic heterocycles. The summed E-state index contributed by atoms with van der Waals surface area (Å²) in [6, 6.07) is 8.62. The lowest BCUT2D eigenvalue weighted by Gasteiger charge is -2.22. The molecule has 136 valence electrons. The molecular formula is C22H28N4. The number of nitrogens with zero attached hydrogens (tertiary/aromatic N) is 3. The van der Waals surface area contributed by atoms with Crippen LogP contribution in [0.25, 0.3) is 11.1 Å². The highest BCUT2D eigenvalue weighted by molar-refractivity contribution is 6.05. The molecule has 4 nitrogen and oxygen atoms in total. The van der Waals surface area contributed by atoms with Crippen molar-refractivity contribution in [2.75, 3.05) is 7.05 Å². The Bertz CT molecular complexity index is 868. The molecule has 3 rings (SSSR count). The van der Waals surface area contributed by atoms with Crippen LogP contribution in [0.1, 0.15) is 38.2 Å². The first-order chi connectivity index (χ1) is 12.6. The van der Waals surface area contributed by atoms with Gasteiger partial charge in [0.2, 0.25) is 0 Å². The molecule has 0 unspecified atom stereocenters. The monoisotopic (exact) mass is 348 g/mol. The summed E-state index contributed by atoms with van der Waals surface area (Å²) >= 11 is 0. The zero-order chi connectivity index (χ0) is 18.5. The largest absolute Gasteiger partial charge is 0.401 e. The molecule has 2 N–H and O–H groups in total. The van der Waals surface area contributed by atoms with Crippen LogP contribution < -0.4 is 5.73 Å². The zero-order valence-electron chi connectivity index (χ0n) is 16.0. The van der Waals surface area contributed by atoms with Crippen LogP contribution in [0.5, 0.6) is 0 Å². The lowest BCUT2D eigenvalue weighted by atomic mass is 9.85. The van der Waals surface area contributed by atoms with Crippen molar-refractivity contribution in [2.24, 2.45) is 17.8 Å². The molecule has 0 radical (unpaired) electrons. The van der Waals surface area contributed by atoms with E-state index in [1.54, 1.807) is 0 Å². The fraction of sp³-hybridized carbons (Fsp3) is 0.364. The summed E-state index contributed by atoms with van der Waals surface area (Å²) in [5, 5.41) is 4.28. The molecule has 26 heavy (non-hydrogen) atoms. The van der Waals surface area contributed by atoms with Crippen molar-refractivity contribution in [2.45, 2.75) is 39.0 Å². The Hall–Kier alpha value is -2.62. The summed E-state index contributed by atoms with van der Waals surface area (Å²) in [6.45, 7) is 2.18. The average Bonchev–Trinajstić information content (AvgIpc) is 3.07. The number of nitrogens with two attached hydrogens (primary N) is 1. The van der Waals surface area contributed by atoms with E-state index in [1.165, 1.54) is 22.3 Å². The van der Waals surface area contributed by atoms with Gasteiger partial charge in [-0.15, -0.1) is 0 Å². The van der Waals surface area contributed by atoms with E-state index >= 15 is 0 Å². The van der Waals surface area contributed by atoms with Gasteiger partial charge in [-0.3, -0.25) is 9.67 Å². The summed E-state index contributed by atoms with van der Waals surface area (Å²) in [5.41, 5.74) is 14.6. The Balaban J connectivity index is 1.90. The third-order valence-electron chi connectivity index (χ3n) is 4.88. The molecule has 1 aliphatic rings. The molecule has 1 heterocycles. The third kappa shape index (κ3) is 3.96. The molecule has 0 bridgehead atoms. The number of aromatic nitrogens is 2. The fourth-order valence-corrected chi connectivity index (χ4v) is 3.65. The minimum absolute atomic E-state index is 0.793. The molecule has 0 amide bonds. The van der Waals surface area contributed by atoms with Crippen LogP contribution in [0.15, 0.2) is 64.6 Å². The number of hydrogen-bond acceptors (Lipinski definition) is 3. The fourth-order valence-electron chi connectivity index (χ4n) is 3.65. The highest BCUT2D eigenvalue weighted by atomic mass is 15.2. The smallest absolute Gasteiger partial charge is 0.0568 e. The van der Waals surface area contributed by atoms with Crippen molar-refractivity contribution >= 4 is 5.71 Å². The Morgan fingerprint density at radius 1 is 1.31 bits per heavy atom. The minimum Gasteiger partial charge on any atom is -0.401 e. The maximum atomic E-state index is 6.40. The predicted octanol–water partition coefficient (Wildman–Crippen LogP) is 4.43. The van der Waals surface area contributed by atoms with Gasteiger partial charge in [0.1, 0.15) is 0 Å². The van der Waals surface area contributed by atoms with Gasteiger partial charge in [0.15, 0.2) is 0 Å². The highest BCUT2D eigenvalue weighted by Gasteiger charge is 2.20. The van der Waals surface area contributed by atoms with Gasteiger partial charge in [-0.25, -0.2) is 0 Å². The van der Waals surface area contributed by atoms with E-state index in [1.807, 2.05) is 31.2 Å². The van der Waals surface area contributed by atoms with E-state index in [4.69, 9.17) is 5.73 Å². The Kier molecular flexibility index (Phi) is 5.71. The van der Waals surface area contributed by atoms with E-state index in [0.29, 0.717) is 0 Å². The van der Waals surface area contributed by atoms with Gasteiger partial charge < -0.3 is 5.73 Å². The van der Waals surface area contributed by atoms with Gasteiger partial charge in [0.25, 0.3) is 0 Å². The second-order valence-electron chi connectivity index (χ2n) is 6.84. The van der Waals surface area contributed by atoms with Gasteiger partial charge >= 0.3 is 0 Å². The number of aryl methyl sites for hydroxylation is 1. The van der Waals surface area contributed by atoms with Crippen molar-refractivity contribution in [3.05, 3.63) is 65.1 Å². The molecule has 4 heteroatoms. The molecule has 0 saturated heterocycles. The van der Waals surface area contributed by atoms with Crippen molar-refractivity contribution in [1.82, 2.24) is 9.78 Å². The van der Waals surface area contributed by atoms with Crippen molar-refractivity contribution < 1.29 is 0 Å². The van der Waals surface area contributed by atoms with Crippen molar-refractivity contribution in [3.8, 4) is 11.1 Å². The Labute approximate surface area is 156 Å². The summed E-state index contributed by atoms with van der Waals surface area (Å²) in [7, 11) is 3.81. The van der Waals surface area contributed by atoms with Crippen LogP contribution in [-0.4, -0.2) is 22.5 Å². The minimum atomic E-state index is 0.793. The van der Waals surface area contributed by atoms with Crippen molar-refractivity contribution in [3.63, 3.8) is 0 Å². The van der Waals surface area contributed by atoms with Crippen LogP contribution in [0.2, 0.25) is 0 Å². The van der Waals surface area contributed by atoms with Crippen LogP contribution in [0.4, 0.5) is 0 Å². The van der Waals surface area contributed by atoms with Gasteiger partial charge in [-0.05, 0) is 42.4 Å². The maximum absolute atomic E-state index is 6.40. The first-order valence-corrected chi connectivity index (χ1v) is 9.34. The van der Waals surface area contributed by atoms with Gasteiger partial charge in [-0.2, -0.15) is 5.10 Å². The normalized spacial score (nSPS) is 17.2. The number of rotatable bonds is 5. The molecule has 0 spiro atoms. The number of benzene rings is 1. The molecule has 1 aromatic heterocycles. The Morgan fingerprint density at radius 3 is 2.85 bits per heavy atom. The van der Waals surface area contributed by atoms with Crippen LogP contribution >= 0.6 is 0 Å². The van der Waals surface area contributed by atoms with Gasteiger partial charge in [-0.1, -0.05) is 37.3 Å². The Morgan fingerprint density at radius 2 is 2.15 bits per heavy atom. The summed E-state index contributed by atoms with van der Waals surface area (Å²) in [5.74, 6) is 0. The highest BCUT2D eigenvalue weighted by Crippen LogP contribution is 2.30. The van der Waals surface area contributed by atoms with Crippen molar-refractivity contribution in [1.29, 1.82) is 0 Å². The van der Waals surface area contributed by atoms with E-state index in [9.17, 15) is 0 Å². The lowest BCUT2D eigenvalue weighted by Crippen LogP contribution is -2.19. The quantitative estimate of drug-likeness (QED) is 0.813. The second-order valence-corrected chi connectivity index (χ2v) is 6.84. The molecule has 0 fully saturated rings. The average molecular weight is 348 g/mol. The summed E-state index contributed by atoms with van der Waals surface area (Å²) in [4.78, 5) is 4.62. The van der Waals surface area contributed by atoms with Gasteiger partial charge in [0, 0.05) is 49.3 Å². The summed E-state index contributed by atoms with van der Waals surface area (Å²) in [6.07, 6.45) is 11.3. The zero-order valence-corrected chi connectivity index (χ0v) is 16.0. The van der Waals surface area contributed by atoms with Crippen LogP contribution in [0, 0.1) is 0 Å². The first kappa shape index (κ1) is 18.2. The first-order valence-electron chi connectivity index (χ1n) is 9.34. The molecule has 1 aliphatic carbocycles. The van der Waals surface area contributed by atoms with E-state index in [0.717, 1.165) is 49.1 Å². The molecule has 2 aromatic rings. The molecule has 0 atom stereocenters. The van der Waals surface area contributed by atoms with E-state index < -0.39 is 0 Å². The van der Waals surface area contributed by atoms with E-state index in [-0.39, 0.29) is 0 Å². The lowest BCUT2D eigenvalue weighted by molar-refractivity contribution is 0.761. The number of hydrogen-bond donors (Lipinski definition) is 1. The topological polar surface area (TPSA) is 56.2 Å². The standard InChI is InChI=1S/C22H28N4/c1-4-7-17-9-6-11-20(23)22(17)21(24-2)13-16-8-5-10-18(12-16)19-14-25-26(3)15-19/h5,7-8,10,12,14-15H,4,6,9,11,13,23H2,1-3H3/b17-7+,24-21?. The van der Waals surface area contributed by atoms with Crippen LogP contribution in [-0.2, 0) is 13.5 Å². The number of aliphatic imine (C=N–C) groups is 1. The molecule has 1 aromatic carbocycles. The number of allylic oxidation sites excluding steroid dienone is 4. The van der Waals surface area contributed by atoms with E-state index in [2.05, 4.69) is 47.4 Å². The van der Waals surface area contributed by atoms with Gasteiger partial charge in [0.05, 0.1) is 6.20 Å². The second kappa shape index (κ2) is 8.17. The van der Waals surface area contributed by atoms with Crippen LogP contribution in [0.3, 0.4) is 0 Å². The molecule has 0 saturated carbocycles. The predicted molar refractivity (Wildman–Crippen MR) is 109 cm³/mol. The maximum Gasteiger partial charge on any atom is 0.0568 e. The molecular weight excluding hydrogens is 320 g/mol. The SMILES string of the molecule is CC/C=C1\CCCC(N)=C1C(Cc1cccc(-c2cnn(C)c2)c1)=NC. The third-order valence-corrected chi connectivity index (χ3v) is 4.88.